The van der Waals surface area contributed by atoms with E-state index in [1.54, 1.807) is 78.9 Å². The molecule has 1 fully saturated rings. The fraction of sp³-hybridized carbons (Fsp3) is 0.265. The van der Waals surface area contributed by atoms with Gasteiger partial charge in [0.1, 0.15) is 25.0 Å². The van der Waals surface area contributed by atoms with Crippen LogP contribution in [0.1, 0.15) is 55.7 Å². The number of carbonyl (C=O) groups excluding carboxylic acids is 3. The first-order chi connectivity index (χ1) is 23.0. The van der Waals surface area contributed by atoms with Gasteiger partial charge in [0, 0.05) is 23.7 Å². The molecule has 250 valence electrons. The van der Waals surface area contributed by atoms with Crippen LogP contribution in [0.3, 0.4) is 0 Å². The molecule has 0 unspecified atom stereocenters. The molecule has 1 aromatic heterocycles. The Morgan fingerprint density at radius 2 is 1.40 bits per heavy atom. The van der Waals surface area contributed by atoms with E-state index in [1.165, 1.54) is 18.3 Å². The second-order valence-electron chi connectivity index (χ2n) is 10.9. The van der Waals surface area contributed by atoms with Gasteiger partial charge in [-0.3, -0.25) is 18.3 Å². The van der Waals surface area contributed by atoms with Crippen LogP contribution in [0.25, 0.3) is 0 Å². The summed E-state index contributed by atoms with van der Waals surface area (Å²) in [5.41, 5.74) is -1.26. The molecule has 13 nitrogen and oxygen atoms in total. The third kappa shape index (κ3) is 8.39. The number of ether oxygens (including phenoxy) is 3. The summed E-state index contributed by atoms with van der Waals surface area (Å²) in [6, 6.07) is 24.2. The lowest BCUT2D eigenvalue weighted by Crippen LogP contribution is -2.46. The molecule has 0 spiro atoms. The van der Waals surface area contributed by atoms with Crippen molar-refractivity contribution >= 4 is 28.0 Å². The lowest BCUT2D eigenvalue weighted by molar-refractivity contribution is -0.0585. The first kappa shape index (κ1) is 34.2. The molecular formula is C34H32N2O11S. The Morgan fingerprint density at radius 1 is 0.833 bits per heavy atom. The normalized spacial score (nSPS) is 17.5. The molecular weight excluding hydrogens is 644 g/mol. The van der Waals surface area contributed by atoms with Crippen LogP contribution in [0.5, 0.6) is 0 Å². The molecule has 14 heteroatoms. The molecule has 3 aromatic carbocycles. The smallest absolute Gasteiger partial charge is 0.340 e. The second-order valence-corrected chi connectivity index (χ2v) is 12.6. The van der Waals surface area contributed by atoms with E-state index in [1.807, 2.05) is 0 Å². The Labute approximate surface area is 275 Å². The van der Waals surface area contributed by atoms with Crippen LogP contribution >= 0.6 is 0 Å². The summed E-state index contributed by atoms with van der Waals surface area (Å²) >= 11 is 0. The van der Waals surface area contributed by atoms with Crippen LogP contribution in [0.4, 0.5) is 0 Å². The van der Waals surface area contributed by atoms with E-state index >= 15 is 0 Å². The van der Waals surface area contributed by atoms with Crippen LogP contribution in [-0.4, -0.2) is 67.1 Å². The SMILES string of the molecule is CS(=O)(=O)OCCCc1cn([C@H]2C[C@H](OC(=O)c3ccccc3)[C@@H](COC(=O)c3ccccc3)O2)c(=O)n(C(=O)c2ccccc2)c1=O. The van der Waals surface area contributed by atoms with Gasteiger partial charge in [0.25, 0.3) is 21.6 Å². The highest BCUT2D eigenvalue weighted by atomic mass is 32.2. The van der Waals surface area contributed by atoms with Crippen molar-refractivity contribution in [3.63, 3.8) is 0 Å². The van der Waals surface area contributed by atoms with Gasteiger partial charge in [-0.2, -0.15) is 13.0 Å². The van der Waals surface area contributed by atoms with Gasteiger partial charge in [-0.25, -0.2) is 14.4 Å². The van der Waals surface area contributed by atoms with E-state index in [2.05, 4.69) is 0 Å². The van der Waals surface area contributed by atoms with Crippen LogP contribution in [0, 0.1) is 0 Å². The predicted octanol–water partition coefficient (Wildman–Crippen LogP) is 2.98. The summed E-state index contributed by atoms with van der Waals surface area (Å²) < 4.78 is 46.6. The van der Waals surface area contributed by atoms with Gasteiger partial charge in [-0.15, -0.1) is 0 Å². The molecule has 0 aliphatic carbocycles. The average Bonchev–Trinajstić information content (AvgIpc) is 3.48. The van der Waals surface area contributed by atoms with E-state index in [-0.39, 0.29) is 54.7 Å². The van der Waals surface area contributed by atoms with Crippen molar-refractivity contribution in [3.05, 3.63) is 140 Å². The van der Waals surface area contributed by atoms with Crippen molar-refractivity contribution in [1.82, 2.24) is 9.13 Å². The quantitative estimate of drug-likeness (QED) is 0.123. The maximum Gasteiger partial charge on any atom is 0.340 e. The van der Waals surface area contributed by atoms with E-state index in [4.69, 9.17) is 18.4 Å². The van der Waals surface area contributed by atoms with Gasteiger partial charge in [-0.1, -0.05) is 54.6 Å². The monoisotopic (exact) mass is 676 g/mol. The molecule has 0 radical (unpaired) electrons. The van der Waals surface area contributed by atoms with Crippen molar-refractivity contribution < 1.29 is 41.2 Å². The number of esters is 2. The van der Waals surface area contributed by atoms with E-state index in [0.717, 1.165) is 10.8 Å². The van der Waals surface area contributed by atoms with Gasteiger partial charge in [0.2, 0.25) is 0 Å². The minimum atomic E-state index is -3.74. The van der Waals surface area contributed by atoms with Gasteiger partial charge >= 0.3 is 17.6 Å². The summed E-state index contributed by atoms with van der Waals surface area (Å²) in [5.74, 6) is -2.20. The molecule has 48 heavy (non-hydrogen) atoms. The Balaban J connectivity index is 1.48. The summed E-state index contributed by atoms with van der Waals surface area (Å²) in [6.45, 7) is -0.583. The van der Waals surface area contributed by atoms with Crippen molar-refractivity contribution in [3.8, 4) is 0 Å². The Kier molecular flexibility index (Phi) is 10.8. The third-order valence-corrected chi connectivity index (χ3v) is 8.04. The number of carbonyl (C=O) groups is 3. The number of benzene rings is 3. The number of aryl methyl sites for hydroxylation is 1. The summed E-state index contributed by atoms with van der Waals surface area (Å²) in [5, 5.41) is 0. The lowest BCUT2D eigenvalue weighted by Gasteiger charge is -2.19. The second kappa shape index (κ2) is 15.2. The molecule has 1 aliphatic rings. The fourth-order valence-corrected chi connectivity index (χ4v) is 5.52. The molecule has 4 aromatic rings. The highest BCUT2D eigenvalue weighted by molar-refractivity contribution is 7.85. The number of rotatable bonds is 12. The largest absolute Gasteiger partial charge is 0.459 e. The molecule has 1 aliphatic heterocycles. The molecule has 0 N–H and O–H groups in total. The third-order valence-electron chi connectivity index (χ3n) is 7.44. The van der Waals surface area contributed by atoms with Gasteiger partial charge in [0.15, 0.2) is 0 Å². The molecule has 3 atom stereocenters. The van der Waals surface area contributed by atoms with Crippen molar-refractivity contribution in [2.45, 2.75) is 37.7 Å². The number of aromatic nitrogens is 2. The molecule has 2 heterocycles. The molecule has 0 bridgehead atoms. The van der Waals surface area contributed by atoms with E-state index < -0.39 is 57.6 Å². The average molecular weight is 677 g/mol. The first-order valence-electron chi connectivity index (χ1n) is 15.0. The minimum Gasteiger partial charge on any atom is -0.459 e. The number of hydrogen-bond donors (Lipinski definition) is 0. The summed E-state index contributed by atoms with van der Waals surface area (Å²) in [6.07, 6.45) is -1.14. The van der Waals surface area contributed by atoms with E-state index in [9.17, 15) is 32.4 Å². The van der Waals surface area contributed by atoms with Crippen LogP contribution in [-0.2, 0) is 34.9 Å². The number of hydrogen-bond acceptors (Lipinski definition) is 11. The topological polar surface area (TPSA) is 166 Å². The molecule has 0 amide bonds. The molecule has 5 rings (SSSR count). The lowest BCUT2D eigenvalue weighted by atomic mass is 10.1. The van der Waals surface area contributed by atoms with Crippen LogP contribution in [0.15, 0.2) is 107 Å². The van der Waals surface area contributed by atoms with Crippen LogP contribution < -0.4 is 11.2 Å². The van der Waals surface area contributed by atoms with Gasteiger partial charge in [-0.05, 0) is 49.2 Å². The Hall–Kier alpha value is -5.18. The maximum absolute atomic E-state index is 13.8. The highest BCUT2D eigenvalue weighted by Crippen LogP contribution is 2.31. The zero-order valence-corrected chi connectivity index (χ0v) is 26.6. The number of nitrogens with zero attached hydrogens (tertiary/aromatic N) is 2. The van der Waals surface area contributed by atoms with E-state index in [0.29, 0.717) is 4.57 Å². The Morgan fingerprint density at radius 3 is 1.98 bits per heavy atom. The zero-order valence-electron chi connectivity index (χ0n) is 25.8. The molecule has 1 saturated heterocycles. The standard InChI is InChI=1S/C34H32N2O11S/c1-48(42,43)45-19-11-18-26-21-35(34(41)36(31(26)38)30(37)23-12-5-2-6-13-23)29-20-27(47-33(40)25-16-9-4-10-17-25)28(46-29)22-44-32(39)24-14-7-3-8-15-24/h2-10,12-17,21,27-29H,11,18-20,22H2,1H3/t27-,28+,29+/m0/s1. The highest BCUT2D eigenvalue weighted by Gasteiger charge is 2.41. The predicted molar refractivity (Wildman–Crippen MR) is 171 cm³/mol. The summed E-state index contributed by atoms with van der Waals surface area (Å²) in [4.78, 5) is 66.6. The zero-order chi connectivity index (χ0) is 34.3. The molecule has 0 saturated carbocycles. The minimum absolute atomic E-state index is 0.0105. The fourth-order valence-electron chi connectivity index (χ4n) is 5.10. The van der Waals surface area contributed by atoms with Crippen molar-refractivity contribution in [2.24, 2.45) is 0 Å². The van der Waals surface area contributed by atoms with Gasteiger partial charge < -0.3 is 14.2 Å². The first-order valence-corrected chi connectivity index (χ1v) is 16.8. The maximum atomic E-state index is 13.8. The summed E-state index contributed by atoms with van der Waals surface area (Å²) in [7, 11) is -3.74. The van der Waals surface area contributed by atoms with Crippen molar-refractivity contribution in [1.29, 1.82) is 0 Å². The van der Waals surface area contributed by atoms with Gasteiger partial charge in [0.05, 0.1) is 24.0 Å². The Bertz CT molecular complexity index is 1990. The van der Waals surface area contributed by atoms with Crippen molar-refractivity contribution in [2.75, 3.05) is 19.5 Å². The van der Waals surface area contributed by atoms with Crippen LogP contribution in [0.2, 0.25) is 0 Å².